The Morgan fingerprint density at radius 2 is 2.18 bits per heavy atom. The summed E-state index contributed by atoms with van der Waals surface area (Å²) in [7, 11) is -3.12. The highest BCUT2D eigenvalue weighted by molar-refractivity contribution is 7.88. The van der Waals surface area contributed by atoms with Crippen LogP contribution in [0.3, 0.4) is 0 Å². The Bertz CT molecular complexity index is 631. The van der Waals surface area contributed by atoms with Crippen molar-refractivity contribution in [2.45, 2.75) is 13.3 Å². The molecule has 1 aromatic carbocycles. The van der Waals surface area contributed by atoms with Gasteiger partial charge in [-0.15, -0.1) is 0 Å². The van der Waals surface area contributed by atoms with Gasteiger partial charge in [-0.2, -0.15) is 0 Å². The van der Waals surface area contributed by atoms with Gasteiger partial charge in [-0.25, -0.2) is 18.1 Å². The van der Waals surface area contributed by atoms with E-state index in [0.717, 1.165) is 28.7 Å². The first-order chi connectivity index (χ1) is 7.96. The van der Waals surface area contributed by atoms with Gasteiger partial charge in [0.2, 0.25) is 10.0 Å². The Morgan fingerprint density at radius 1 is 1.41 bits per heavy atom. The van der Waals surface area contributed by atoms with E-state index in [9.17, 15) is 8.42 Å². The fourth-order valence-electron chi connectivity index (χ4n) is 1.70. The molecule has 0 unspecified atom stereocenters. The molecule has 0 amide bonds. The summed E-state index contributed by atoms with van der Waals surface area (Å²) >= 11 is 0. The SMILES string of the molecule is Cc1cccc2[nH]c(CCNS(C)(=O)=O)nc12. The summed E-state index contributed by atoms with van der Waals surface area (Å²) in [6, 6.07) is 5.93. The highest BCUT2D eigenvalue weighted by Gasteiger charge is 2.05. The number of fused-ring (bicyclic) bond motifs is 1. The van der Waals surface area contributed by atoms with Crippen molar-refractivity contribution in [1.29, 1.82) is 0 Å². The molecular formula is C11H15N3O2S. The molecule has 1 heterocycles. The van der Waals surface area contributed by atoms with Crippen molar-refractivity contribution in [3.63, 3.8) is 0 Å². The zero-order valence-corrected chi connectivity index (χ0v) is 10.6. The van der Waals surface area contributed by atoms with Gasteiger partial charge in [0.05, 0.1) is 17.3 Å². The molecule has 0 aliphatic rings. The van der Waals surface area contributed by atoms with Crippen molar-refractivity contribution >= 4 is 21.1 Å². The minimum Gasteiger partial charge on any atom is -0.342 e. The smallest absolute Gasteiger partial charge is 0.208 e. The monoisotopic (exact) mass is 253 g/mol. The van der Waals surface area contributed by atoms with Gasteiger partial charge in [0, 0.05) is 13.0 Å². The third kappa shape index (κ3) is 3.04. The van der Waals surface area contributed by atoms with Gasteiger partial charge in [-0.1, -0.05) is 12.1 Å². The van der Waals surface area contributed by atoms with Crippen LogP contribution in [0.4, 0.5) is 0 Å². The van der Waals surface area contributed by atoms with Gasteiger partial charge in [0.1, 0.15) is 5.82 Å². The molecule has 1 aromatic heterocycles. The predicted molar refractivity (Wildman–Crippen MR) is 67.4 cm³/mol. The molecule has 0 bridgehead atoms. The number of nitrogens with zero attached hydrogens (tertiary/aromatic N) is 1. The Hall–Kier alpha value is -1.40. The summed E-state index contributed by atoms with van der Waals surface area (Å²) in [4.78, 5) is 7.62. The summed E-state index contributed by atoms with van der Waals surface area (Å²) in [5.74, 6) is 0.797. The number of nitrogens with one attached hydrogen (secondary N) is 2. The number of sulfonamides is 1. The number of aromatic amines is 1. The van der Waals surface area contributed by atoms with Gasteiger partial charge in [0.15, 0.2) is 0 Å². The Morgan fingerprint density at radius 3 is 2.82 bits per heavy atom. The molecule has 2 rings (SSSR count). The molecule has 92 valence electrons. The lowest BCUT2D eigenvalue weighted by atomic mass is 10.2. The van der Waals surface area contributed by atoms with Crippen LogP contribution < -0.4 is 4.72 Å². The van der Waals surface area contributed by atoms with Crippen LogP contribution in [0, 0.1) is 6.92 Å². The van der Waals surface area contributed by atoms with Crippen LogP contribution in [-0.4, -0.2) is 31.2 Å². The lowest BCUT2D eigenvalue weighted by molar-refractivity contribution is 0.587. The largest absolute Gasteiger partial charge is 0.342 e. The maximum atomic E-state index is 10.9. The molecule has 0 aliphatic heterocycles. The topological polar surface area (TPSA) is 74.8 Å². The molecule has 0 saturated carbocycles. The van der Waals surface area contributed by atoms with Crippen LogP contribution >= 0.6 is 0 Å². The average molecular weight is 253 g/mol. The van der Waals surface area contributed by atoms with Crippen molar-refractivity contribution in [3.05, 3.63) is 29.6 Å². The zero-order chi connectivity index (χ0) is 12.5. The van der Waals surface area contributed by atoms with Crippen LogP contribution in [0.15, 0.2) is 18.2 Å². The molecule has 2 aromatic rings. The fourth-order valence-corrected chi connectivity index (χ4v) is 2.17. The molecule has 0 saturated heterocycles. The van der Waals surface area contributed by atoms with Crippen LogP contribution in [0.2, 0.25) is 0 Å². The van der Waals surface area contributed by atoms with Crippen molar-refractivity contribution in [3.8, 4) is 0 Å². The van der Waals surface area contributed by atoms with Crippen molar-refractivity contribution < 1.29 is 8.42 Å². The van der Waals surface area contributed by atoms with Crippen LogP contribution in [0.25, 0.3) is 11.0 Å². The normalized spacial score (nSPS) is 12.1. The van der Waals surface area contributed by atoms with Gasteiger partial charge in [-0.3, -0.25) is 0 Å². The van der Waals surface area contributed by atoms with E-state index in [1.807, 2.05) is 25.1 Å². The molecule has 0 aliphatic carbocycles. The second-order valence-corrected chi connectivity index (χ2v) is 5.90. The van der Waals surface area contributed by atoms with Gasteiger partial charge >= 0.3 is 0 Å². The van der Waals surface area contributed by atoms with Gasteiger partial charge in [-0.05, 0) is 18.6 Å². The molecule has 0 spiro atoms. The third-order valence-electron chi connectivity index (χ3n) is 2.49. The number of hydrogen-bond acceptors (Lipinski definition) is 3. The average Bonchev–Trinajstić information content (AvgIpc) is 2.60. The number of aromatic nitrogens is 2. The van der Waals surface area contributed by atoms with E-state index in [0.29, 0.717) is 13.0 Å². The second-order valence-electron chi connectivity index (χ2n) is 4.07. The number of hydrogen-bond donors (Lipinski definition) is 2. The number of H-pyrrole nitrogens is 1. The van der Waals surface area contributed by atoms with E-state index in [2.05, 4.69) is 14.7 Å². The molecular weight excluding hydrogens is 238 g/mol. The van der Waals surface area contributed by atoms with Crippen molar-refractivity contribution in [2.75, 3.05) is 12.8 Å². The first-order valence-electron chi connectivity index (χ1n) is 5.34. The summed E-state index contributed by atoms with van der Waals surface area (Å²) in [6.45, 7) is 2.36. The van der Waals surface area contributed by atoms with E-state index in [1.54, 1.807) is 0 Å². The number of benzene rings is 1. The van der Waals surface area contributed by atoms with E-state index < -0.39 is 10.0 Å². The maximum Gasteiger partial charge on any atom is 0.208 e. The minimum atomic E-state index is -3.12. The second kappa shape index (κ2) is 4.46. The molecule has 6 heteroatoms. The van der Waals surface area contributed by atoms with E-state index in [4.69, 9.17) is 0 Å². The molecule has 2 N–H and O–H groups in total. The number of para-hydroxylation sites is 1. The highest BCUT2D eigenvalue weighted by atomic mass is 32.2. The predicted octanol–water partition coefficient (Wildman–Crippen LogP) is 0.963. The Labute approximate surface area is 100 Å². The van der Waals surface area contributed by atoms with Crippen molar-refractivity contribution in [2.24, 2.45) is 0 Å². The minimum absolute atomic E-state index is 0.359. The first-order valence-corrected chi connectivity index (χ1v) is 7.24. The van der Waals surface area contributed by atoms with Gasteiger partial charge < -0.3 is 4.98 Å². The first kappa shape index (κ1) is 12.1. The van der Waals surface area contributed by atoms with Crippen LogP contribution in [0.5, 0.6) is 0 Å². The fraction of sp³-hybridized carbons (Fsp3) is 0.364. The van der Waals surface area contributed by atoms with E-state index in [1.165, 1.54) is 0 Å². The zero-order valence-electron chi connectivity index (χ0n) is 9.82. The summed E-state index contributed by atoms with van der Waals surface area (Å²) in [5, 5.41) is 0. The maximum absolute atomic E-state index is 10.9. The summed E-state index contributed by atoms with van der Waals surface area (Å²) in [6.07, 6.45) is 1.71. The number of rotatable bonds is 4. The molecule has 17 heavy (non-hydrogen) atoms. The Balaban J connectivity index is 2.12. The van der Waals surface area contributed by atoms with Gasteiger partial charge in [0.25, 0.3) is 0 Å². The summed E-state index contributed by atoms with van der Waals surface area (Å²) < 4.78 is 24.3. The van der Waals surface area contributed by atoms with Crippen molar-refractivity contribution in [1.82, 2.24) is 14.7 Å². The van der Waals surface area contributed by atoms with E-state index >= 15 is 0 Å². The van der Waals surface area contributed by atoms with Crippen LogP contribution in [0.1, 0.15) is 11.4 Å². The summed E-state index contributed by atoms with van der Waals surface area (Å²) in [5.41, 5.74) is 3.04. The lowest BCUT2D eigenvalue weighted by Gasteiger charge is -1.98. The standard InChI is InChI=1S/C11H15N3O2S/c1-8-4-3-5-9-11(8)14-10(13-9)6-7-12-17(2,15)16/h3-5,12H,6-7H2,1-2H3,(H,13,14). The number of imidazole rings is 1. The molecule has 5 nitrogen and oxygen atoms in total. The molecule has 0 fully saturated rings. The molecule has 0 radical (unpaired) electrons. The molecule has 0 atom stereocenters. The highest BCUT2D eigenvalue weighted by Crippen LogP contribution is 2.15. The van der Waals surface area contributed by atoms with Crippen LogP contribution in [-0.2, 0) is 16.4 Å². The lowest BCUT2D eigenvalue weighted by Crippen LogP contribution is -2.24. The quantitative estimate of drug-likeness (QED) is 0.852. The third-order valence-corrected chi connectivity index (χ3v) is 3.22. The van der Waals surface area contributed by atoms with E-state index in [-0.39, 0.29) is 0 Å². The Kier molecular flexibility index (Phi) is 3.17. The number of aryl methyl sites for hydroxylation is 1.